The Morgan fingerprint density at radius 3 is 2.48 bits per heavy atom. The molecule has 1 amide bonds. The quantitative estimate of drug-likeness (QED) is 0.265. The maximum atomic E-state index is 12.7. The minimum atomic E-state index is -0.413. The van der Waals surface area contributed by atoms with Crippen LogP contribution in [0.3, 0.4) is 0 Å². The lowest BCUT2D eigenvalue weighted by Gasteiger charge is -2.24. The van der Waals surface area contributed by atoms with Gasteiger partial charge in [-0.15, -0.1) is 0 Å². The molecule has 172 valence electrons. The number of carbonyl (C=O) groups excluding carboxylic acids is 1. The van der Waals surface area contributed by atoms with Gasteiger partial charge in [0, 0.05) is 17.5 Å². The molecule has 0 fully saturated rings. The molecule has 0 saturated carbocycles. The molecule has 4 heteroatoms. The van der Waals surface area contributed by atoms with Crippen LogP contribution < -0.4 is 10.1 Å². The van der Waals surface area contributed by atoms with Crippen molar-refractivity contribution in [2.75, 3.05) is 11.9 Å². The number of amides is 1. The van der Waals surface area contributed by atoms with Crippen molar-refractivity contribution in [1.29, 1.82) is 0 Å². The van der Waals surface area contributed by atoms with E-state index in [1.165, 1.54) is 31.2 Å². The van der Waals surface area contributed by atoms with Crippen LogP contribution in [0.2, 0.25) is 0 Å². The molecule has 4 rings (SSSR count). The number of para-hydroxylation sites is 1. The molecule has 0 aliphatic carbocycles. The molecule has 0 unspecified atom stereocenters. The van der Waals surface area contributed by atoms with Crippen molar-refractivity contribution in [3.8, 4) is 22.6 Å². The van der Waals surface area contributed by atoms with Crippen LogP contribution in [0, 0.1) is 6.92 Å². The molecule has 0 bridgehead atoms. The van der Waals surface area contributed by atoms with E-state index in [1.54, 1.807) is 0 Å². The molecule has 0 aromatic heterocycles. The first-order valence-electron chi connectivity index (χ1n) is 12.1. The van der Waals surface area contributed by atoms with Gasteiger partial charge in [-0.1, -0.05) is 87.1 Å². The van der Waals surface area contributed by atoms with E-state index in [2.05, 4.69) is 49.5 Å². The number of aryl methyl sites for hydroxylation is 1. The molecular formula is C29H33NO3. The van der Waals surface area contributed by atoms with E-state index < -0.39 is 6.09 Å². The van der Waals surface area contributed by atoms with E-state index >= 15 is 0 Å². The molecule has 4 nitrogen and oxygen atoms in total. The number of nitrogens with one attached hydrogen (secondary N) is 1. The van der Waals surface area contributed by atoms with Crippen molar-refractivity contribution in [1.82, 2.24) is 0 Å². The van der Waals surface area contributed by atoms with Gasteiger partial charge in [-0.25, -0.2) is 4.79 Å². The molecule has 1 aliphatic rings. The van der Waals surface area contributed by atoms with Crippen molar-refractivity contribution in [2.24, 2.45) is 0 Å². The predicted molar refractivity (Wildman–Crippen MR) is 134 cm³/mol. The SMILES string of the molecule is CCCCCCCCOC(=O)Nc1c(-c2ccc(C)cc2)ccc2c1Cc1ccccc1O2. The predicted octanol–water partition coefficient (Wildman–Crippen LogP) is 8.27. The molecule has 1 N–H and O–H groups in total. The van der Waals surface area contributed by atoms with Gasteiger partial charge in [0.15, 0.2) is 0 Å². The lowest BCUT2D eigenvalue weighted by molar-refractivity contribution is 0.159. The highest BCUT2D eigenvalue weighted by Crippen LogP contribution is 2.44. The maximum absolute atomic E-state index is 12.7. The normalized spacial score (nSPS) is 11.8. The highest BCUT2D eigenvalue weighted by Gasteiger charge is 2.23. The van der Waals surface area contributed by atoms with E-state index in [1.807, 2.05) is 30.3 Å². The largest absolute Gasteiger partial charge is 0.457 e. The average molecular weight is 444 g/mol. The Bertz CT molecular complexity index is 1090. The third-order valence-electron chi connectivity index (χ3n) is 6.15. The van der Waals surface area contributed by atoms with Gasteiger partial charge in [0.2, 0.25) is 0 Å². The number of hydrogen-bond donors (Lipinski definition) is 1. The number of carbonyl (C=O) groups is 1. The van der Waals surface area contributed by atoms with Crippen LogP contribution in [0.5, 0.6) is 11.5 Å². The number of hydrogen-bond acceptors (Lipinski definition) is 3. The van der Waals surface area contributed by atoms with Crippen molar-refractivity contribution >= 4 is 11.8 Å². The fourth-order valence-electron chi connectivity index (χ4n) is 4.26. The summed E-state index contributed by atoms with van der Waals surface area (Å²) in [6, 6.07) is 20.4. The third kappa shape index (κ3) is 5.75. The fraction of sp³-hybridized carbons (Fsp3) is 0.345. The Morgan fingerprint density at radius 2 is 1.67 bits per heavy atom. The van der Waals surface area contributed by atoms with E-state index in [-0.39, 0.29) is 0 Å². The zero-order valence-electron chi connectivity index (χ0n) is 19.7. The molecule has 33 heavy (non-hydrogen) atoms. The summed E-state index contributed by atoms with van der Waals surface area (Å²) in [5.41, 5.74) is 6.06. The van der Waals surface area contributed by atoms with Gasteiger partial charge in [-0.3, -0.25) is 5.32 Å². The summed E-state index contributed by atoms with van der Waals surface area (Å²) in [4.78, 5) is 12.7. The van der Waals surface area contributed by atoms with Gasteiger partial charge >= 0.3 is 6.09 Å². The number of rotatable bonds is 9. The van der Waals surface area contributed by atoms with E-state index in [4.69, 9.17) is 9.47 Å². The maximum Gasteiger partial charge on any atom is 0.411 e. The lowest BCUT2D eigenvalue weighted by atomic mass is 9.93. The first-order valence-corrected chi connectivity index (χ1v) is 12.1. The summed E-state index contributed by atoms with van der Waals surface area (Å²) in [6.07, 6.45) is 7.21. The second kappa shape index (κ2) is 11.0. The van der Waals surface area contributed by atoms with Crippen molar-refractivity contribution in [3.63, 3.8) is 0 Å². The van der Waals surface area contributed by atoms with Crippen LogP contribution in [0.15, 0.2) is 60.7 Å². The van der Waals surface area contributed by atoms with Gasteiger partial charge in [0.1, 0.15) is 11.5 Å². The van der Waals surface area contributed by atoms with Crippen molar-refractivity contribution < 1.29 is 14.3 Å². The number of unbranched alkanes of at least 4 members (excludes halogenated alkanes) is 5. The van der Waals surface area contributed by atoms with Crippen LogP contribution in [0.1, 0.15) is 62.1 Å². The summed E-state index contributed by atoms with van der Waals surface area (Å²) in [5, 5.41) is 3.05. The Labute approximate surface area is 196 Å². The smallest absolute Gasteiger partial charge is 0.411 e. The average Bonchev–Trinajstić information content (AvgIpc) is 2.83. The van der Waals surface area contributed by atoms with Crippen molar-refractivity contribution in [3.05, 3.63) is 77.4 Å². The van der Waals surface area contributed by atoms with Gasteiger partial charge in [0.05, 0.1) is 12.3 Å². The molecule has 0 spiro atoms. The Morgan fingerprint density at radius 1 is 0.909 bits per heavy atom. The standard InChI is InChI=1S/C29H33NO3/c1-3-4-5-6-7-10-19-32-29(31)30-28-24(22-15-13-21(2)14-16-22)17-18-27-25(28)20-23-11-8-9-12-26(23)33-27/h8-9,11-18H,3-7,10,19-20H2,1-2H3,(H,30,31). The highest BCUT2D eigenvalue weighted by molar-refractivity contribution is 5.94. The molecule has 1 aliphatic heterocycles. The van der Waals surface area contributed by atoms with E-state index in [0.717, 1.165) is 52.3 Å². The molecule has 1 heterocycles. The van der Waals surface area contributed by atoms with Crippen LogP contribution >= 0.6 is 0 Å². The van der Waals surface area contributed by atoms with E-state index in [0.29, 0.717) is 13.0 Å². The topological polar surface area (TPSA) is 47.6 Å². The summed E-state index contributed by atoms with van der Waals surface area (Å²) < 4.78 is 11.7. The lowest BCUT2D eigenvalue weighted by Crippen LogP contribution is -2.17. The van der Waals surface area contributed by atoms with Crippen LogP contribution in [-0.2, 0) is 11.2 Å². The fourth-order valence-corrected chi connectivity index (χ4v) is 4.26. The zero-order chi connectivity index (χ0) is 23.0. The van der Waals surface area contributed by atoms with Gasteiger partial charge in [-0.05, 0) is 42.7 Å². The molecule has 0 atom stereocenters. The third-order valence-corrected chi connectivity index (χ3v) is 6.15. The minimum Gasteiger partial charge on any atom is -0.457 e. The Kier molecular flexibility index (Phi) is 7.66. The molecular weight excluding hydrogens is 410 g/mol. The number of benzene rings is 3. The summed E-state index contributed by atoms with van der Waals surface area (Å²) in [7, 11) is 0. The first kappa shape index (κ1) is 22.9. The summed E-state index contributed by atoms with van der Waals surface area (Å²) in [5.74, 6) is 1.64. The first-order chi connectivity index (χ1) is 16.2. The van der Waals surface area contributed by atoms with Gasteiger partial charge in [0.25, 0.3) is 0 Å². The summed E-state index contributed by atoms with van der Waals surface area (Å²) >= 11 is 0. The zero-order valence-corrected chi connectivity index (χ0v) is 19.7. The molecule has 3 aromatic carbocycles. The second-order valence-corrected chi connectivity index (χ2v) is 8.75. The van der Waals surface area contributed by atoms with Gasteiger partial charge in [-0.2, -0.15) is 0 Å². The van der Waals surface area contributed by atoms with Crippen molar-refractivity contribution in [2.45, 2.75) is 58.8 Å². The van der Waals surface area contributed by atoms with Crippen LogP contribution in [0.4, 0.5) is 10.5 Å². The molecule has 3 aromatic rings. The number of anilines is 1. The van der Waals surface area contributed by atoms with E-state index in [9.17, 15) is 4.79 Å². The van der Waals surface area contributed by atoms with Crippen LogP contribution in [-0.4, -0.2) is 12.7 Å². The summed E-state index contributed by atoms with van der Waals surface area (Å²) in [6.45, 7) is 4.72. The Balaban J connectivity index is 1.53. The monoisotopic (exact) mass is 443 g/mol. The Hall–Kier alpha value is -3.27. The minimum absolute atomic E-state index is 0.413. The molecule has 0 radical (unpaired) electrons. The van der Waals surface area contributed by atoms with Gasteiger partial charge < -0.3 is 9.47 Å². The molecule has 0 saturated heterocycles. The van der Waals surface area contributed by atoms with Crippen LogP contribution in [0.25, 0.3) is 11.1 Å². The number of fused-ring (bicyclic) bond motifs is 2. The number of ether oxygens (including phenoxy) is 2. The second-order valence-electron chi connectivity index (χ2n) is 8.75. The highest BCUT2D eigenvalue weighted by atomic mass is 16.5.